The third kappa shape index (κ3) is 10.7. The second-order valence-electron chi connectivity index (χ2n) is 5.10. The lowest BCUT2D eigenvalue weighted by Gasteiger charge is -2.13. The van der Waals surface area contributed by atoms with Gasteiger partial charge in [-0.15, -0.1) is 24.0 Å². The summed E-state index contributed by atoms with van der Waals surface area (Å²) in [7, 11) is 5.96. The molecular weight excluding hydrogens is 391 g/mol. The fourth-order valence-corrected chi connectivity index (χ4v) is 1.81. The fourth-order valence-electron chi connectivity index (χ4n) is 1.81. The number of guanidine groups is 1. The van der Waals surface area contributed by atoms with Gasteiger partial charge in [-0.3, -0.25) is 4.99 Å². The number of halogens is 1. The van der Waals surface area contributed by atoms with Gasteiger partial charge in [-0.25, -0.2) is 0 Å². The number of ether oxygens (including phenoxy) is 1. The first-order chi connectivity index (χ1) is 10.2. The molecule has 6 heteroatoms. The van der Waals surface area contributed by atoms with Gasteiger partial charge in [0.05, 0.1) is 6.61 Å². The van der Waals surface area contributed by atoms with E-state index in [0.29, 0.717) is 6.61 Å². The van der Waals surface area contributed by atoms with Crippen molar-refractivity contribution < 1.29 is 4.74 Å². The molecule has 0 unspecified atom stereocenters. The van der Waals surface area contributed by atoms with Crippen molar-refractivity contribution in [1.82, 2.24) is 15.5 Å². The Morgan fingerprint density at radius 2 is 1.73 bits per heavy atom. The van der Waals surface area contributed by atoms with E-state index in [1.807, 2.05) is 30.3 Å². The van der Waals surface area contributed by atoms with Crippen molar-refractivity contribution >= 4 is 29.9 Å². The van der Waals surface area contributed by atoms with E-state index < -0.39 is 0 Å². The summed E-state index contributed by atoms with van der Waals surface area (Å²) in [5, 5.41) is 6.59. The lowest BCUT2D eigenvalue weighted by Crippen LogP contribution is -2.39. The van der Waals surface area contributed by atoms with Crippen LogP contribution in [0.15, 0.2) is 35.3 Å². The van der Waals surface area contributed by atoms with Gasteiger partial charge in [-0.1, -0.05) is 18.2 Å². The number of para-hydroxylation sites is 1. The SMILES string of the molecule is CN=C(NCCCOc1ccccc1)NCCCN(C)C.I. The summed E-state index contributed by atoms with van der Waals surface area (Å²) in [6, 6.07) is 9.89. The first-order valence-corrected chi connectivity index (χ1v) is 7.49. The Labute approximate surface area is 151 Å². The smallest absolute Gasteiger partial charge is 0.190 e. The molecule has 0 amide bonds. The first-order valence-electron chi connectivity index (χ1n) is 7.49. The zero-order chi connectivity index (χ0) is 15.3. The minimum Gasteiger partial charge on any atom is -0.494 e. The van der Waals surface area contributed by atoms with Crippen LogP contribution in [0.25, 0.3) is 0 Å². The maximum Gasteiger partial charge on any atom is 0.190 e. The minimum absolute atomic E-state index is 0. The zero-order valence-corrected chi connectivity index (χ0v) is 16.2. The van der Waals surface area contributed by atoms with Gasteiger partial charge >= 0.3 is 0 Å². The summed E-state index contributed by atoms with van der Waals surface area (Å²) in [4.78, 5) is 6.38. The Morgan fingerprint density at radius 3 is 2.32 bits per heavy atom. The molecule has 0 aromatic heterocycles. The number of nitrogens with zero attached hydrogens (tertiary/aromatic N) is 2. The topological polar surface area (TPSA) is 48.9 Å². The summed E-state index contributed by atoms with van der Waals surface area (Å²) in [6.45, 7) is 3.56. The van der Waals surface area contributed by atoms with Crippen LogP contribution < -0.4 is 15.4 Å². The molecule has 22 heavy (non-hydrogen) atoms. The summed E-state index contributed by atoms with van der Waals surface area (Å²) in [5.41, 5.74) is 0. The van der Waals surface area contributed by atoms with Crippen LogP contribution in [0.2, 0.25) is 0 Å². The molecule has 0 saturated carbocycles. The lowest BCUT2D eigenvalue weighted by molar-refractivity contribution is 0.311. The molecule has 0 spiro atoms. The van der Waals surface area contributed by atoms with Crippen LogP contribution in [-0.4, -0.2) is 58.2 Å². The molecule has 0 bridgehead atoms. The number of hydrogen-bond donors (Lipinski definition) is 2. The molecule has 0 fully saturated rings. The van der Waals surface area contributed by atoms with Crippen LogP contribution in [0.1, 0.15) is 12.8 Å². The van der Waals surface area contributed by atoms with Crippen molar-refractivity contribution in [2.24, 2.45) is 4.99 Å². The Hall–Kier alpha value is -1.02. The van der Waals surface area contributed by atoms with Crippen molar-refractivity contribution in [2.75, 3.05) is 47.4 Å². The van der Waals surface area contributed by atoms with Crippen molar-refractivity contribution in [1.29, 1.82) is 0 Å². The highest BCUT2D eigenvalue weighted by molar-refractivity contribution is 14.0. The standard InChI is InChI=1S/C16H28N4O.HI/c1-17-16(18-11-7-13-20(2)3)19-12-8-14-21-15-9-5-4-6-10-15;/h4-6,9-10H,7-8,11-14H2,1-3H3,(H2,17,18,19);1H. The van der Waals surface area contributed by atoms with E-state index in [1.165, 1.54) is 0 Å². The highest BCUT2D eigenvalue weighted by Gasteiger charge is 1.97. The Morgan fingerprint density at radius 1 is 1.09 bits per heavy atom. The number of nitrogens with one attached hydrogen (secondary N) is 2. The van der Waals surface area contributed by atoms with Gasteiger partial charge in [0.1, 0.15) is 5.75 Å². The summed E-state index contributed by atoms with van der Waals surface area (Å²) < 4.78 is 5.64. The van der Waals surface area contributed by atoms with Crippen LogP contribution in [-0.2, 0) is 0 Å². The van der Waals surface area contributed by atoms with Gasteiger partial charge in [0.15, 0.2) is 5.96 Å². The third-order valence-electron chi connectivity index (χ3n) is 2.92. The molecule has 2 N–H and O–H groups in total. The first kappa shape index (κ1) is 21.0. The maximum atomic E-state index is 5.64. The number of rotatable bonds is 9. The Kier molecular flexibility index (Phi) is 13.0. The molecule has 0 radical (unpaired) electrons. The molecule has 5 nitrogen and oxygen atoms in total. The minimum atomic E-state index is 0. The second kappa shape index (κ2) is 13.6. The fraction of sp³-hybridized carbons (Fsp3) is 0.562. The van der Waals surface area contributed by atoms with E-state index in [4.69, 9.17) is 4.74 Å². The highest BCUT2D eigenvalue weighted by atomic mass is 127. The normalized spacial score (nSPS) is 11.0. The average Bonchev–Trinajstić information content (AvgIpc) is 2.50. The highest BCUT2D eigenvalue weighted by Crippen LogP contribution is 2.07. The lowest BCUT2D eigenvalue weighted by atomic mass is 10.3. The van der Waals surface area contributed by atoms with E-state index in [-0.39, 0.29) is 24.0 Å². The van der Waals surface area contributed by atoms with Crippen LogP contribution in [0.5, 0.6) is 5.75 Å². The summed E-state index contributed by atoms with van der Waals surface area (Å²) >= 11 is 0. The Bertz CT molecular complexity index is 398. The maximum absolute atomic E-state index is 5.64. The van der Waals surface area contributed by atoms with E-state index in [9.17, 15) is 0 Å². The van der Waals surface area contributed by atoms with Crippen molar-refractivity contribution in [3.05, 3.63) is 30.3 Å². The quantitative estimate of drug-likeness (QED) is 0.278. The van der Waals surface area contributed by atoms with Gasteiger partial charge in [0, 0.05) is 20.1 Å². The van der Waals surface area contributed by atoms with Gasteiger partial charge in [0.25, 0.3) is 0 Å². The molecule has 1 aromatic rings. The number of benzene rings is 1. The molecule has 0 aliphatic rings. The van der Waals surface area contributed by atoms with Gasteiger partial charge in [-0.05, 0) is 45.6 Å². The molecule has 1 aromatic carbocycles. The third-order valence-corrected chi connectivity index (χ3v) is 2.92. The average molecular weight is 420 g/mol. The largest absolute Gasteiger partial charge is 0.494 e. The molecule has 0 heterocycles. The summed E-state index contributed by atoms with van der Waals surface area (Å²) in [5.74, 6) is 1.78. The molecule has 0 atom stereocenters. The van der Waals surface area contributed by atoms with Crippen LogP contribution in [0.3, 0.4) is 0 Å². The Balaban J connectivity index is 0.00000441. The van der Waals surface area contributed by atoms with Crippen molar-refractivity contribution in [2.45, 2.75) is 12.8 Å². The molecule has 126 valence electrons. The molecule has 0 aliphatic heterocycles. The van der Waals surface area contributed by atoms with Gasteiger partial charge < -0.3 is 20.3 Å². The zero-order valence-electron chi connectivity index (χ0n) is 13.8. The van der Waals surface area contributed by atoms with Crippen molar-refractivity contribution in [3.63, 3.8) is 0 Å². The van der Waals surface area contributed by atoms with E-state index in [0.717, 1.165) is 44.2 Å². The molecular formula is C16H29IN4O. The molecule has 0 saturated heterocycles. The number of aliphatic imine (C=N–C) groups is 1. The monoisotopic (exact) mass is 420 g/mol. The number of hydrogen-bond acceptors (Lipinski definition) is 3. The predicted octanol–water partition coefficient (Wildman–Crippen LogP) is 2.19. The molecule has 0 aliphatic carbocycles. The van der Waals surface area contributed by atoms with Crippen LogP contribution in [0.4, 0.5) is 0 Å². The van der Waals surface area contributed by atoms with E-state index in [2.05, 4.69) is 34.6 Å². The van der Waals surface area contributed by atoms with Gasteiger partial charge in [-0.2, -0.15) is 0 Å². The predicted molar refractivity (Wildman–Crippen MR) is 105 cm³/mol. The van der Waals surface area contributed by atoms with E-state index in [1.54, 1.807) is 7.05 Å². The van der Waals surface area contributed by atoms with Crippen LogP contribution in [0, 0.1) is 0 Å². The molecule has 1 rings (SSSR count). The van der Waals surface area contributed by atoms with Crippen LogP contribution >= 0.6 is 24.0 Å². The van der Waals surface area contributed by atoms with E-state index >= 15 is 0 Å². The second-order valence-corrected chi connectivity index (χ2v) is 5.10. The van der Waals surface area contributed by atoms with Crippen molar-refractivity contribution in [3.8, 4) is 5.75 Å². The van der Waals surface area contributed by atoms with Gasteiger partial charge in [0.2, 0.25) is 0 Å². The summed E-state index contributed by atoms with van der Waals surface area (Å²) in [6.07, 6.45) is 2.04.